The van der Waals surface area contributed by atoms with Gasteiger partial charge in [-0.3, -0.25) is 4.72 Å². The van der Waals surface area contributed by atoms with Crippen molar-refractivity contribution in [3.63, 3.8) is 0 Å². The molecule has 0 radical (unpaired) electrons. The summed E-state index contributed by atoms with van der Waals surface area (Å²) < 4.78 is 8.68. The fourth-order valence-electron chi connectivity index (χ4n) is 2.92. The summed E-state index contributed by atoms with van der Waals surface area (Å²) >= 11 is 7.79. The number of carbonyl (C=O) groups is 1. The maximum Gasteiger partial charge on any atom is 0.337 e. The van der Waals surface area contributed by atoms with Gasteiger partial charge in [0.05, 0.1) is 29.1 Å². The van der Waals surface area contributed by atoms with E-state index in [1.54, 1.807) is 24.5 Å². The van der Waals surface area contributed by atoms with Gasteiger partial charge >= 0.3 is 5.97 Å². The van der Waals surface area contributed by atoms with Crippen LogP contribution in [0.5, 0.6) is 0 Å². The molecule has 7 heteroatoms. The third kappa shape index (κ3) is 4.93. The minimum atomic E-state index is -0.988. The van der Waals surface area contributed by atoms with Crippen molar-refractivity contribution < 1.29 is 14.3 Å². The van der Waals surface area contributed by atoms with Crippen LogP contribution in [0.4, 0.5) is 5.69 Å². The van der Waals surface area contributed by atoms with E-state index in [0.717, 1.165) is 23.5 Å². The summed E-state index contributed by atoms with van der Waals surface area (Å²) in [6.07, 6.45) is 7.66. The predicted molar refractivity (Wildman–Crippen MR) is 100 cm³/mol. The minimum Gasteiger partial charge on any atom is -0.478 e. The second-order valence-electron chi connectivity index (χ2n) is 6.12. The zero-order valence-corrected chi connectivity index (χ0v) is 15.3. The first-order valence-electron chi connectivity index (χ1n) is 8.39. The van der Waals surface area contributed by atoms with E-state index in [-0.39, 0.29) is 5.56 Å². The van der Waals surface area contributed by atoms with Gasteiger partial charge in [-0.15, -0.1) is 0 Å². The SMILES string of the molecule is O=C(O)c1cc(SNC2CCCCC2)c(Cl)cc1NCc1ccco1. The summed E-state index contributed by atoms with van der Waals surface area (Å²) in [5.41, 5.74) is 0.680. The monoisotopic (exact) mass is 380 g/mol. The van der Waals surface area contributed by atoms with E-state index in [4.69, 9.17) is 16.0 Å². The molecule has 134 valence electrons. The molecule has 1 aromatic carbocycles. The van der Waals surface area contributed by atoms with Crippen LogP contribution in [-0.2, 0) is 6.54 Å². The number of hydrogen-bond acceptors (Lipinski definition) is 5. The van der Waals surface area contributed by atoms with Gasteiger partial charge in [0.1, 0.15) is 5.76 Å². The average Bonchev–Trinajstić information content (AvgIpc) is 3.13. The van der Waals surface area contributed by atoms with Gasteiger partial charge in [-0.05, 0) is 49.1 Å². The van der Waals surface area contributed by atoms with Crippen molar-refractivity contribution in [3.05, 3.63) is 46.9 Å². The molecule has 1 saturated carbocycles. The van der Waals surface area contributed by atoms with Crippen LogP contribution in [0.25, 0.3) is 0 Å². The van der Waals surface area contributed by atoms with Crippen molar-refractivity contribution in [2.24, 2.45) is 0 Å². The minimum absolute atomic E-state index is 0.198. The standard InChI is InChI=1S/C18H21ClN2O3S/c19-15-10-16(20-11-13-7-4-8-24-13)14(18(22)23)9-17(15)25-21-12-5-2-1-3-6-12/h4,7-10,12,20-21H,1-3,5-6,11H2,(H,22,23). The molecule has 0 spiro atoms. The molecule has 1 fully saturated rings. The molecule has 1 aliphatic rings. The first kappa shape index (κ1) is 18.2. The first-order valence-corrected chi connectivity index (χ1v) is 9.58. The molecule has 1 heterocycles. The zero-order valence-electron chi connectivity index (χ0n) is 13.8. The number of carboxylic acids is 1. The number of benzene rings is 1. The van der Waals surface area contributed by atoms with Gasteiger partial charge in [-0.25, -0.2) is 4.79 Å². The molecule has 0 saturated heterocycles. The number of anilines is 1. The van der Waals surface area contributed by atoms with Crippen molar-refractivity contribution in [2.45, 2.75) is 49.6 Å². The largest absolute Gasteiger partial charge is 0.478 e. The number of hydrogen-bond donors (Lipinski definition) is 3. The average molecular weight is 381 g/mol. The molecule has 0 bridgehead atoms. The van der Waals surface area contributed by atoms with Crippen LogP contribution < -0.4 is 10.0 Å². The Balaban J connectivity index is 1.71. The summed E-state index contributed by atoms with van der Waals surface area (Å²) in [6.45, 7) is 0.399. The molecule has 3 rings (SSSR count). The zero-order chi connectivity index (χ0) is 17.6. The van der Waals surface area contributed by atoms with E-state index in [1.807, 2.05) is 6.07 Å². The van der Waals surface area contributed by atoms with Gasteiger partial charge in [-0.2, -0.15) is 0 Å². The van der Waals surface area contributed by atoms with Crippen LogP contribution >= 0.6 is 23.5 Å². The van der Waals surface area contributed by atoms with Crippen LogP contribution in [0.2, 0.25) is 5.02 Å². The number of halogens is 1. The third-order valence-corrected chi connectivity index (χ3v) is 5.71. The van der Waals surface area contributed by atoms with Crippen LogP contribution in [0, 0.1) is 0 Å². The highest BCUT2D eigenvalue weighted by Gasteiger charge is 2.17. The molecule has 5 nitrogen and oxygen atoms in total. The number of nitrogens with one attached hydrogen (secondary N) is 2. The molecule has 1 aromatic heterocycles. The van der Waals surface area contributed by atoms with Crippen molar-refractivity contribution in [3.8, 4) is 0 Å². The summed E-state index contributed by atoms with van der Waals surface area (Å²) in [4.78, 5) is 12.3. The smallest absolute Gasteiger partial charge is 0.337 e. The van der Waals surface area contributed by atoms with Crippen LogP contribution in [0.15, 0.2) is 39.8 Å². The Bertz CT molecular complexity index is 715. The van der Waals surface area contributed by atoms with E-state index >= 15 is 0 Å². The number of rotatable bonds is 7. The van der Waals surface area contributed by atoms with Crippen molar-refractivity contribution in [2.75, 3.05) is 5.32 Å². The van der Waals surface area contributed by atoms with E-state index in [9.17, 15) is 9.90 Å². The summed E-state index contributed by atoms with van der Waals surface area (Å²) in [6, 6.07) is 7.36. The Morgan fingerprint density at radius 2 is 2.12 bits per heavy atom. The van der Waals surface area contributed by atoms with Gasteiger partial charge in [0.2, 0.25) is 0 Å². The van der Waals surface area contributed by atoms with Crippen molar-refractivity contribution in [1.82, 2.24) is 4.72 Å². The number of carboxylic acid groups (broad SMARTS) is 1. The second kappa shape index (κ2) is 8.65. The van der Waals surface area contributed by atoms with E-state index in [2.05, 4.69) is 10.0 Å². The van der Waals surface area contributed by atoms with E-state index in [1.165, 1.54) is 31.2 Å². The van der Waals surface area contributed by atoms with Crippen molar-refractivity contribution in [1.29, 1.82) is 0 Å². The lowest BCUT2D eigenvalue weighted by atomic mass is 9.96. The first-order chi connectivity index (χ1) is 12.1. The molecule has 1 aliphatic carbocycles. The lowest BCUT2D eigenvalue weighted by molar-refractivity contribution is 0.0697. The van der Waals surface area contributed by atoms with Crippen LogP contribution in [-0.4, -0.2) is 17.1 Å². The van der Waals surface area contributed by atoms with E-state index in [0.29, 0.717) is 23.3 Å². The summed E-state index contributed by atoms with van der Waals surface area (Å²) in [7, 11) is 0. The molecule has 0 aliphatic heterocycles. The molecule has 0 amide bonds. The topological polar surface area (TPSA) is 74.5 Å². The molecular weight excluding hydrogens is 360 g/mol. The highest BCUT2D eigenvalue weighted by molar-refractivity contribution is 7.97. The molecular formula is C18H21ClN2O3S. The maximum absolute atomic E-state index is 11.6. The molecule has 2 aromatic rings. The van der Waals surface area contributed by atoms with Gasteiger partial charge in [0.25, 0.3) is 0 Å². The van der Waals surface area contributed by atoms with Crippen LogP contribution in [0.1, 0.15) is 48.2 Å². The number of furan rings is 1. The maximum atomic E-state index is 11.6. The van der Waals surface area contributed by atoms with Gasteiger partial charge < -0.3 is 14.8 Å². The lowest BCUT2D eigenvalue weighted by Crippen LogP contribution is -2.25. The summed E-state index contributed by atoms with van der Waals surface area (Å²) in [5.74, 6) is -0.261. The molecule has 25 heavy (non-hydrogen) atoms. The Labute approximate surface area is 156 Å². The highest BCUT2D eigenvalue weighted by Crippen LogP contribution is 2.33. The van der Waals surface area contributed by atoms with Gasteiger partial charge in [0, 0.05) is 10.9 Å². The second-order valence-corrected chi connectivity index (χ2v) is 7.41. The van der Waals surface area contributed by atoms with Crippen LogP contribution in [0.3, 0.4) is 0 Å². The lowest BCUT2D eigenvalue weighted by Gasteiger charge is -2.22. The Kier molecular flexibility index (Phi) is 6.29. The Morgan fingerprint density at radius 1 is 1.32 bits per heavy atom. The van der Waals surface area contributed by atoms with Gasteiger partial charge in [-0.1, -0.05) is 30.9 Å². The predicted octanol–water partition coefficient (Wildman–Crippen LogP) is 5.17. The normalized spacial score (nSPS) is 15.2. The number of aromatic carboxylic acids is 1. The molecule has 0 atom stereocenters. The molecule has 0 unspecified atom stereocenters. The Morgan fingerprint density at radius 3 is 2.80 bits per heavy atom. The quantitative estimate of drug-likeness (QED) is 0.575. The fraction of sp³-hybridized carbons (Fsp3) is 0.389. The molecule has 3 N–H and O–H groups in total. The summed E-state index contributed by atoms with van der Waals surface area (Å²) in [5, 5.41) is 13.1. The Hall–Kier alpha value is -1.63. The highest BCUT2D eigenvalue weighted by atomic mass is 35.5. The van der Waals surface area contributed by atoms with E-state index < -0.39 is 5.97 Å². The van der Waals surface area contributed by atoms with Gasteiger partial charge in [0.15, 0.2) is 0 Å². The fourth-order valence-corrected chi connectivity index (χ4v) is 4.06. The third-order valence-electron chi connectivity index (χ3n) is 4.28. The van der Waals surface area contributed by atoms with Crippen molar-refractivity contribution >= 4 is 35.2 Å².